The Bertz CT molecular complexity index is 619. The van der Waals surface area contributed by atoms with Crippen molar-refractivity contribution in [1.29, 1.82) is 0 Å². The Morgan fingerprint density at radius 3 is 2.36 bits per heavy atom. The van der Waals surface area contributed by atoms with Gasteiger partial charge in [-0.15, -0.1) is 0 Å². The van der Waals surface area contributed by atoms with Gasteiger partial charge >= 0.3 is 0 Å². The van der Waals surface area contributed by atoms with E-state index in [0.717, 1.165) is 6.54 Å². The van der Waals surface area contributed by atoms with Crippen LogP contribution in [0.2, 0.25) is 0 Å². The molecule has 0 amide bonds. The van der Waals surface area contributed by atoms with Gasteiger partial charge in [-0.2, -0.15) is 0 Å². The largest absolute Gasteiger partial charge is 0.310 e. The SMILES string of the molecule is CC(C)(C)N1CCC(NCc2ccc3ccccc3c2)CC1. The number of piperidine rings is 1. The molecule has 3 rings (SSSR count). The lowest BCUT2D eigenvalue weighted by atomic mass is 9.98. The van der Waals surface area contributed by atoms with E-state index in [9.17, 15) is 0 Å². The van der Waals surface area contributed by atoms with Gasteiger partial charge in [0.2, 0.25) is 0 Å². The van der Waals surface area contributed by atoms with Crippen molar-refractivity contribution < 1.29 is 0 Å². The van der Waals surface area contributed by atoms with Gasteiger partial charge in [0.15, 0.2) is 0 Å². The topological polar surface area (TPSA) is 15.3 Å². The molecule has 2 aromatic carbocycles. The molecule has 0 atom stereocenters. The second kappa shape index (κ2) is 6.39. The second-order valence-corrected chi connectivity index (χ2v) is 7.49. The van der Waals surface area contributed by atoms with Crippen LogP contribution in [0.5, 0.6) is 0 Å². The maximum Gasteiger partial charge on any atom is 0.0208 e. The maximum atomic E-state index is 3.75. The zero-order valence-electron chi connectivity index (χ0n) is 14.1. The third kappa shape index (κ3) is 3.68. The van der Waals surface area contributed by atoms with Crippen LogP contribution in [0, 0.1) is 0 Å². The van der Waals surface area contributed by atoms with E-state index in [1.807, 2.05) is 0 Å². The number of nitrogens with one attached hydrogen (secondary N) is 1. The van der Waals surface area contributed by atoms with Crippen molar-refractivity contribution in [3.63, 3.8) is 0 Å². The van der Waals surface area contributed by atoms with Gasteiger partial charge in [0.25, 0.3) is 0 Å². The van der Waals surface area contributed by atoms with Gasteiger partial charge in [0.1, 0.15) is 0 Å². The molecule has 0 unspecified atom stereocenters. The molecular formula is C20H28N2. The number of hydrogen-bond donors (Lipinski definition) is 1. The summed E-state index contributed by atoms with van der Waals surface area (Å²) in [7, 11) is 0. The van der Waals surface area contributed by atoms with Crippen LogP contribution in [0.15, 0.2) is 42.5 Å². The van der Waals surface area contributed by atoms with Gasteiger partial charge in [0.05, 0.1) is 0 Å². The van der Waals surface area contributed by atoms with Crippen LogP contribution < -0.4 is 5.32 Å². The molecule has 2 nitrogen and oxygen atoms in total. The van der Waals surface area contributed by atoms with E-state index in [4.69, 9.17) is 0 Å². The molecule has 1 aliphatic heterocycles. The Kier molecular flexibility index (Phi) is 4.51. The standard InChI is InChI=1S/C20H28N2/c1-20(2,3)22-12-10-19(11-13-22)21-15-16-8-9-17-6-4-5-7-18(17)14-16/h4-9,14,19,21H,10-13,15H2,1-3H3. The van der Waals surface area contributed by atoms with Gasteiger partial charge in [-0.05, 0) is 56.0 Å². The summed E-state index contributed by atoms with van der Waals surface area (Å²) in [6.45, 7) is 10.3. The van der Waals surface area contributed by atoms with E-state index in [2.05, 4.69) is 73.5 Å². The van der Waals surface area contributed by atoms with E-state index in [1.54, 1.807) is 0 Å². The molecule has 2 aromatic rings. The van der Waals surface area contributed by atoms with Crippen LogP contribution >= 0.6 is 0 Å². The molecule has 1 fully saturated rings. The van der Waals surface area contributed by atoms with E-state index in [0.29, 0.717) is 11.6 Å². The Morgan fingerprint density at radius 1 is 1.00 bits per heavy atom. The van der Waals surface area contributed by atoms with E-state index < -0.39 is 0 Å². The van der Waals surface area contributed by atoms with Crippen LogP contribution in [0.25, 0.3) is 10.8 Å². The smallest absolute Gasteiger partial charge is 0.0208 e. The highest BCUT2D eigenvalue weighted by atomic mass is 15.2. The fourth-order valence-electron chi connectivity index (χ4n) is 3.37. The fraction of sp³-hybridized carbons (Fsp3) is 0.500. The van der Waals surface area contributed by atoms with Crippen molar-refractivity contribution in [2.24, 2.45) is 0 Å². The Labute approximate surface area is 134 Å². The average Bonchev–Trinajstić information content (AvgIpc) is 2.52. The molecule has 0 radical (unpaired) electrons. The summed E-state index contributed by atoms with van der Waals surface area (Å²) >= 11 is 0. The minimum Gasteiger partial charge on any atom is -0.310 e. The third-order valence-electron chi connectivity index (χ3n) is 4.85. The highest BCUT2D eigenvalue weighted by Gasteiger charge is 2.26. The number of fused-ring (bicyclic) bond motifs is 1. The molecule has 1 aliphatic rings. The first-order valence-corrected chi connectivity index (χ1v) is 8.48. The van der Waals surface area contributed by atoms with E-state index in [-0.39, 0.29) is 0 Å². The molecule has 22 heavy (non-hydrogen) atoms. The van der Waals surface area contributed by atoms with Crippen LogP contribution in [0.4, 0.5) is 0 Å². The summed E-state index contributed by atoms with van der Waals surface area (Å²) in [5, 5.41) is 6.41. The molecule has 118 valence electrons. The lowest BCUT2D eigenvalue weighted by Crippen LogP contribution is -2.49. The molecule has 0 spiro atoms. The minimum atomic E-state index is 0.309. The van der Waals surface area contributed by atoms with Crippen molar-refractivity contribution >= 4 is 10.8 Å². The molecule has 2 heteroatoms. The number of rotatable bonds is 3. The van der Waals surface area contributed by atoms with Gasteiger partial charge in [-0.3, -0.25) is 4.90 Å². The van der Waals surface area contributed by atoms with Crippen molar-refractivity contribution in [1.82, 2.24) is 10.2 Å². The number of hydrogen-bond acceptors (Lipinski definition) is 2. The average molecular weight is 296 g/mol. The van der Waals surface area contributed by atoms with Gasteiger partial charge in [0, 0.05) is 31.2 Å². The summed E-state index contributed by atoms with van der Waals surface area (Å²) in [5.74, 6) is 0. The Hall–Kier alpha value is -1.38. The summed E-state index contributed by atoms with van der Waals surface area (Å²) in [6, 6.07) is 16.0. The Morgan fingerprint density at radius 2 is 1.68 bits per heavy atom. The van der Waals surface area contributed by atoms with Gasteiger partial charge in [-0.1, -0.05) is 36.4 Å². The summed E-state index contributed by atoms with van der Waals surface area (Å²) in [4.78, 5) is 2.60. The quantitative estimate of drug-likeness (QED) is 0.913. The Balaban J connectivity index is 1.54. The predicted octanol–water partition coefficient (Wildman–Crippen LogP) is 4.19. The predicted molar refractivity (Wildman–Crippen MR) is 95.1 cm³/mol. The van der Waals surface area contributed by atoms with Gasteiger partial charge in [-0.25, -0.2) is 0 Å². The highest BCUT2D eigenvalue weighted by Crippen LogP contribution is 2.21. The van der Waals surface area contributed by atoms with Crippen LogP contribution in [-0.4, -0.2) is 29.6 Å². The van der Waals surface area contributed by atoms with Crippen LogP contribution in [0.1, 0.15) is 39.2 Å². The highest BCUT2D eigenvalue weighted by molar-refractivity contribution is 5.82. The molecule has 0 bridgehead atoms. The second-order valence-electron chi connectivity index (χ2n) is 7.49. The van der Waals surface area contributed by atoms with Gasteiger partial charge < -0.3 is 5.32 Å². The van der Waals surface area contributed by atoms with Crippen LogP contribution in [-0.2, 0) is 6.54 Å². The van der Waals surface area contributed by atoms with E-state index >= 15 is 0 Å². The maximum absolute atomic E-state index is 3.75. The zero-order chi connectivity index (χ0) is 15.6. The number of likely N-dealkylation sites (tertiary alicyclic amines) is 1. The summed E-state index contributed by atoms with van der Waals surface area (Å²) in [5.41, 5.74) is 1.69. The lowest BCUT2D eigenvalue weighted by Gasteiger charge is -2.41. The molecule has 1 N–H and O–H groups in total. The molecule has 0 aliphatic carbocycles. The molecular weight excluding hydrogens is 268 g/mol. The van der Waals surface area contributed by atoms with Crippen molar-refractivity contribution in [2.45, 2.75) is 51.7 Å². The van der Waals surface area contributed by atoms with Crippen molar-refractivity contribution in [3.8, 4) is 0 Å². The monoisotopic (exact) mass is 296 g/mol. The first-order valence-electron chi connectivity index (χ1n) is 8.48. The van der Waals surface area contributed by atoms with Crippen molar-refractivity contribution in [3.05, 3.63) is 48.0 Å². The number of nitrogens with zero attached hydrogens (tertiary/aromatic N) is 1. The zero-order valence-corrected chi connectivity index (χ0v) is 14.1. The van der Waals surface area contributed by atoms with E-state index in [1.165, 1.54) is 42.3 Å². The third-order valence-corrected chi connectivity index (χ3v) is 4.85. The minimum absolute atomic E-state index is 0.309. The molecule has 0 saturated carbocycles. The molecule has 0 aromatic heterocycles. The lowest BCUT2D eigenvalue weighted by molar-refractivity contribution is 0.0960. The van der Waals surface area contributed by atoms with Crippen molar-refractivity contribution in [2.75, 3.05) is 13.1 Å². The first kappa shape index (κ1) is 15.5. The fourth-order valence-corrected chi connectivity index (χ4v) is 3.37. The first-order chi connectivity index (χ1) is 10.5. The normalized spacial score (nSPS) is 18.0. The van der Waals surface area contributed by atoms with Crippen LogP contribution in [0.3, 0.4) is 0 Å². The molecule has 1 heterocycles. The summed E-state index contributed by atoms with van der Waals surface area (Å²) < 4.78 is 0. The summed E-state index contributed by atoms with van der Waals surface area (Å²) in [6.07, 6.45) is 2.51. The number of benzene rings is 2. The molecule has 1 saturated heterocycles.